The molecule has 1 heterocycles. The van der Waals surface area contributed by atoms with E-state index in [4.69, 9.17) is 10.2 Å². The molecule has 4 nitrogen and oxygen atoms in total. The van der Waals surface area contributed by atoms with Crippen molar-refractivity contribution in [3.8, 4) is 0 Å². The topological polar surface area (TPSA) is 69.6 Å². The van der Waals surface area contributed by atoms with Crippen LogP contribution in [0.4, 0.5) is 5.69 Å². The predicted molar refractivity (Wildman–Crippen MR) is 55.4 cm³/mol. The van der Waals surface area contributed by atoms with Crippen LogP contribution in [-0.4, -0.2) is 22.4 Å². The van der Waals surface area contributed by atoms with Crippen LogP contribution in [0.1, 0.15) is 24.0 Å². The average Bonchev–Trinajstić information content (AvgIpc) is 2.55. The minimum Gasteiger partial charge on any atom is -0.368 e. The van der Waals surface area contributed by atoms with Crippen molar-refractivity contribution in [3.63, 3.8) is 0 Å². The lowest BCUT2D eigenvalue weighted by atomic mass is 9.97. The van der Waals surface area contributed by atoms with Crippen LogP contribution in [0.15, 0.2) is 18.2 Å². The monoisotopic (exact) mass is 207 g/mol. The fourth-order valence-electron chi connectivity index (χ4n) is 1.70. The number of carbonyl (C=O) groups is 1. The van der Waals surface area contributed by atoms with Crippen molar-refractivity contribution >= 4 is 11.6 Å². The van der Waals surface area contributed by atoms with Gasteiger partial charge in [-0.05, 0) is 17.2 Å². The van der Waals surface area contributed by atoms with Gasteiger partial charge >= 0.3 is 0 Å². The highest BCUT2D eigenvalue weighted by Gasteiger charge is 2.20. The van der Waals surface area contributed by atoms with Crippen LogP contribution < -0.4 is 5.32 Å². The number of anilines is 1. The lowest BCUT2D eigenvalue weighted by Gasteiger charge is -2.14. The molecule has 2 rings (SSSR count). The molecule has 1 atom stereocenters. The summed E-state index contributed by atoms with van der Waals surface area (Å²) in [5, 5.41) is 20.8. The first-order valence-corrected chi connectivity index (χ1v) is 4.87. The summed E-state index contributed by atoms with van der Waals surface area (Å²) >= 11 is 0. The summed E-state index contributed by atoms with van der Waals surface area (Å²) in [4.78, 5) is 11.1. The van der Waals surface area contributed by atoms with Gasteiger partial charge in [0, 0.05) is 11.6 Å². The SMILES string of the molecule is C[C@@H](c1ccc2c(c1)CC(=O)N2)C(O)O. The average molecular weight is 207 g/mol. The molecule has 0 aromatic heterocycles. The molecule has 1 amide bonds. The Labute approximate surface area is 87.6 Å². The van der Waals surface area contributed by atoms with Crippen LogP contribution >= 0.6 is 0 Å². The Kier molecular flexibility index (Phi) is 2.46. The molecule has 1 aromatic carbocycles. The minimum atomic E-state index is -1.37. The summed E-state index contributed by atoms with van der Waals surface area (Å²) in [5.41, 5.74) is 2.58. The van der Waals surface area contributed by atoms with Crippen molar-refractivity contribution in [1.29, 1.82) is 0 Å². The van der Waals surface area contributed by atoms with Gasteiger partial charge in [0.2, 0.25) is 5.91 Å². The minimum absolute atomic E-state index is 0.0145. The standard InChI is InChI=1S/C11H13NO3/c1-6(11(14)15)7-2-3-9-8(4-7)5-10(13)12-9/h2-4,6,11,14-15H,5H2,1H3,(H,12,13)/t6-/m0/s1. The Balaban J connectivity index is 2.31. The number of aliphatic hydroxyl groups is 2. The van der Waals surface area contributed by atoms with Gasteiger partial charge in [0.15, 0.2) is 6.29 Å². The van der Waals surface area contributed by atoms with E-state index in [1.165, 1.54) is 0 Å². The van der Waals surface area contributed by atoms with Crippen molar-refractivity contribution in [1.82, 2.24) is 0 Å². The Bertz CT molecular complexity index is 401. The summed E-state index contributed by atoms with van der Waals surface area (Å²) in [6.07, 6.45) is -0.995. The van der Waals surface area contributed by atoms with Crippen LogP contribution in [0.25, 0.3) is 0 Å². The number of carbonyl (C=O) groups excluding carboxylic acids is 1. The third-order valence-electron chi connectivity index (χ3n) is 2.73. The number of nitrogens with one attached hydrogen (secondary N) is 1. The molecule has 1 aliphatic rings. The Morgan fingerprint density at radius 2 is 2.13 bits per heavy atom. The molecule has 80 valence electrons. The summed E-state index contributed by atoms with van der Waals surface area (Å²) in [6, 6.07) is 5.44. The zero-order valence-corrected chi connectivity index (χ0v) is 8.40. The summed E-state index contributed by atoms with van der Waals surface area (Å²) in [6.45, 7) is 1.73. The molecule has 0 radical (unpaired) electrons. The van der Waals surface area contributed by atoms with E-state index in [9.17, 15) is 4.79 Å². The number of aliphatic hydroxyl groups excluding tert-OH is 1. The van der Waals surface area contributed by atoms with Crippen LogP contribution in [0, 0.1) is 0 Å². The number of hydrogen-bond donors (Lipinski definition) is 3. The van der Waals surface area contributed by atoms with Crippen molar-refractivity contribution in [2.75, 3.05) is 5.32 Å². The molecular formula is C11H13NO3. The first-order chi connectivity index (χ1) is 7.08. The maximum absolute atomic E-state index is 11.1. The third-order valence-corrected chi connectivity index (χ3v) is 2.73. The summed E-state index contributed by atoms with van der Waals surface area (Å²) < 4.78 is 0. The van der Waals surface area contributed by atoms with E-state index >= 15 is 0 Å². The van der Waals surface area contributed by atoms with Crippen molar-refractivity contribution in [3.05, 3.63) is 29.3 Å². The number of rotatable bonds is 2. The van der Waals surface area contributed by atoms with Gasteiger partial charge < -0.3 is 15.5 Å². The van der Waals surface area contributed by atoms with E-state index in [2.05, 4.69) is 5.32 Å². The maximum atomic E-state index is 11.1. The van der Waals surface area contributed by atoms with Crippen LogP contribution in [0.2, 0.25) is 0 Å². The second kappa shape index (κ2) is 3.64. The van der Waals surface area contributed by atoms with Crippen molar-refractivity contribution in [2.45, 2.75) is 25.6 Å². The lowest BCUT2D eigenvalue weighted by molar-refractivity contribution is -0.115. The molecule has 0 aliphatic carbocycles. The number of hydrogen-bond acceptors (Lipinski definition) is 3. The Morgan fingerprint density at radius 3 is 2.80 bits per heavy atom. The van der Waals surface area contributed by atoms with Gasteiger partial charge in [-0.1, -0.05) is 19.1 Å². The molecule has 0 bridgehead atoms. The fourth-order valence-corrected chi connectivity index (χ4v) is 1.70. The van der Waals surface area contributed by atoms with Crippen molar-refractivity contribution < 1.29 is 15.0 Å². The van der Waals surface area contributed by atoms with Gasteiger partial charge in [-0.25, -0.2) is 0 Å². The van der Waals surface area contributed by atoms with Gasteiger partial charge in [0.25, 0.3) is 0 Å². The molecule has 0 unspecified atom stereocenters. The quantitative estimate of drug-likeness (QED) is 0.622. The van der Waals surface area contributed by atoms with E-state index < -0.39 is 6.29 Å². The van der Waals surface area contributed by atoms with E-state index in [-0.39, 0.29) is 11.8 Å². The molecule has 0 fully saturated rings. The normalized spacial score (nSPS) is 16.4. The first kappa shape index (κ1) is 10.1. The van der Waals surface area contributed by atoms with E-state index in [0.717, 1.165) is 16.8 Å². The van der Waals surface area contributed by atoms with Gasteiger partial charge in [0.05, 0.1) is 6.42 Å². The fraction of sp³-hybridized carbons (Fsp3) is 0.364. The summed E-state index contributed by atoms with van der Waals surface area (Å²) in [7, 11) is 0. The molecule has 4 heteroatoms. The highest BCUT2D eigenvalue weighted by molar-refractivity contribution is 5.99. The zero-order valence-electron chi connectivity index (χ0n) is 8.40. The molecule has 3 N–H and O–H groups in total. The van der Waals surface area contributed by atoms with Gasteiger partial charge in [-0.15, -0.1) is 0 Å². The second-order valence-corrected chi connectivity index (χ2v) is 3.84. The molecule has 1 aromatic rings. The summed E-state index contributed by atoms with van der Waals surface area (Å²) in [5.74, 6) is -0.356. The predicted octanol–water partition coefficient (Wildman–Crippen LogP) is 0.595. The zero-order chi connectivity index (χ0) is 11.0. The number of amides is 1. The first-order valence-electron chi connectivity index (χ1n) is 4.87. The van der Waals surface area contributed by atoms with Crippen LogP contribution in [0.3, 0.4) is 0 Å². The van der Waals surface area contributed by atoms with Gasteiger partial charge in [-0.2, -0.15) is 0 Å². The van der Waals surface area contributed by atoms with Gasteiger partial charge in [-0.3, -0.25) is 4.79 Å². The molecule has 15 heavy (non-hydrogen) atoms. The lowest BCUT2D eigenvalue weighted by Crippen LogP contribution is -2.14. The molecular weight excluding hydrogens is 194 g/mol. The highest BCUT2D eigenvalue weighted by Crippen LogP contribution is 2.27. The maximum Gasteiger partial charge on any atom is 0.228 e. The highest BCUT2D eigenvalue weighted by atomic mass is 16.5. The van der Waals surface area contributed by atoms with E-state index in [0.29, 0.717) is 6.42 Å². The van der Waals surface area contributed by atoms with Crippen LogP contribution in [-0.2, 0) is 11.2 Å². The Hall–Kier alpha value is -1.39. The molecule has 0 saturated heterocycles. The number of fused-ring (bicyclic) bond motifs is 1. The second-order valence-electron chi connectivity index (χ2n) is 3.84. The van der Waals surface area contributed by atoms with Crippen LogP contribution in [0.5, 0.6) is 0 Å². The van der Waals surface area contributed by atoms with Gasteiger partial charge in [0.1, 0.15) is 0 Å². The smallest absolute Gasteiger partial charge is 0.228 e. The van der Waals surface area contributed by atoms with E-state index in [1.54, 1.807) is 19.1 Å². The molecule has 0 saturated carbocycles. The van der Waals surface area contributed by atoms with Crippen molar-refractivity contribution in [2.24, 2.45) is 0 Å². The molecule has 0 spiro atoms. The largest absolute Gasteiger partial charge is 0.368 e. The number of benzene rings is 1. The Morgan fingerprint density at radius 1 is 1.40 bits per heavy atom. The third kappa shape index (κ3) is 1.86. The van der Waals surface area contributed by atoms with E-state index in [1.807, 2.05) is 6.07 Å². The molecule has 1 aliphatic heterocycles.